The predicted molar refractivity (Wildman–Crippen MR) is 118 cm³/mol. The van der Waals surface area contributed by atoms with Crippen LogP contribution in [-0.4, -0.2) is 16.9 Å². The number of carbonyl (C=O) groups is 1. The summed E-state index contributed by atoms with van der Waals surface area (Å²) in [4.78, 5) is 21.5. The number of aliphatic imine (C=N–C) groups is 1. The number of nitrogens with one attached hydrogen (secondary N) is 2. The van der Waals surface area contributed by atoms with E-state index in [1.165, 1.54) is 0 Å². The van der Waals surface area contributed by atoms with Crippen LogP contribution in [0.25, 0.3) is 0 Å². The second kappa shape index (κ2) is 9.15. The number of guanidine groups is 1. The van der Waals surface area contributed by atoms with Crippen molar-refractivity contribution >= 4 is 17.6 Å². The highest BCUT2D eigenvalue weighted by atomic mass is 16.1. The van der Waals surface area contributed by atoms with Gasteiger partial charge in [-0.05, 0) is 79.8 Å². The highest BCUT2D eigenvalue weighted by Crippen LogP contribution is 2.16. The molecule has 5 heteroatoms. The van der Waals surface area contributed by atoms with E-state index >= 15 is 0 Å². The second-order valence-electron chi connectivity index (χ2n) is 7.22. The van der Waals surface area contributed by atoms with Gasteiger partial charge in [-0.15, -0.1) is 0 Å². The molecule has 0 bridgehead atoms. The third-order valence-electron chi connectivity index (χ3n) is 4.79. The average Bonchev–Trinajstić information content (AvgIpc) is 2.71. The van der Waals surface area contributed by atoms with Gasteiger partial charge in [0, 0.05) is 23.6 Å². The van der Waals surface area contributed by atoms with E-state index in [-0.39, 0.29) is 5.91 Å². The van der Waals surface area contributed by atoms with Gasteiger partial charge in [-0.3, -0.25) is 15.1 Å². The van der Waals surface area contributed by atoms with Crippen LogP contribution >= 0.6 is 0 Å². The van der Waals surface area contributed by atoms with Crippen LogP contribution in [0.15, 0.2) is 65.9 Å². The van der Waals surface area contributed by atoms with Crippen molar-refractivity contribution in [3.05, 3.63) is 94.3 Å². The molecule has 1 amide bonds. The second-order valence-corrected chi connectivity index (χ2v) is 7.22. The molecule has 0 spiro atoms. The number of aryl methyl sites for hydroxylation is 4. The van der Waals surface area contributed by atoms with Crippen LogP contribution in [-0.2, 0) is 6.54 Å². The lowest BCUT2D eigenvalue weighted by Gasteiger charge is -2.15. The summed E-state index contributed by atoms with van der Waals surface area (Å²) in [6.45, 7) is 8.49. The van der Waals surface area contributed by atoms with Crippen LogP contribution in [0.1, 0.15) is 38.2 Å². The zero-order chi connectivity index (χ0) is 20.8. The Kier molecular flexibility index (Phi) is 6.39. The van der Waals surface area contributed by atoms with Crippen LogP contribution in [0.4, 0.5) is 5.69 Å². The average molecular weight is 386 g/mol. The Morgan fingerprint density at radius 2 is 1.76 bits per heavy atom. The molecule has 29 heavy (non-hydrogen) atoms. The molecule has 1 heterocycles. The van der Waals surface area contributed by atoms with Gasteiger partial charge in [-0.25, -0.2) is 4.99 Å². The molecule has 0 unspecified atom stereocenters. The van der Waals surface area contributed by atoms with Crippen LogP contribution < -0.4 is 10.6 Å². The molecule has 0 aliphatic rings. The first kappa shape index (κ1) is 20.3. The van der Waals surface area contributed by atoms with Crippen molar-refractivity contribution in [3.63, 3.8) is 0 Å². The van der Waals surface area contributed by atoms with Gasteiger partial charge >= 0.3 is 0 Å². The van der Waals surface area contributed by atoms with Gasteiger partial charge in [-0.2, -0.15) is 0 Å². The molecule has 0 saturated heterocycles. The summed E-state index contributed by atoms with van der Waals surface area (Å²) in [6, 6.07) is 15.6. The summed E-state index contributed by atoms with van der Waals surface area (Å²) in [6.07, 6.45) is 3.49. The number of hydrogen-bond donors (Lipinski definition) is 2. The summed E-state index contributed by atoms with van der Waals surface area (Å²) in [7, 11) is 0. The normalized spacial score (nSPS) is 11.2. The number of pyridine rings is 1. The van der Waals surface area contributed by atoms with E-state index in [2.05, 4.69) is 26.7 Å². The molecule has 0 fully saturated rings. The molecule has 148 valence electrons. The first-order valence-electron chi connectivity index (χ1n) is 9.58. The third kappa shape index (κ3) is 5.51. The largest absolute Gasteiger partial charge is 0.326 e. The Labute approximate surface area is 171 Å². The Hall–Kier alpha value is -3.47. The van der Waals surface area contributed by atoms with Crippen molar-refractivity contribution in [1.29, 1.82) is 0 Å². The number of benzene rings is 2. The van der Waals surface area contributed by atoms with E-state index in [1.807, 2.05) is 70.2 Å². The van der Waals surface area contributed by atoms with Gasteiger partial charge in [0.2, 0.25) is 5.96 Å². The number of aromatic nitrogens is 1. The highest BCUT2D eigenvalue weighted by molar-refractivity contribution is 6.10. The van der Waals surface area contributed by atoms with Crippen molar-refractivity contribution in [1.82, 2.24) is 10.3 Å². The van der Waals surface area contributed by atoms with Crippen molar-refractivity contribution in [2.75, 3.05) is 5.32 Å². The van der Waals surface area contributed by atoms with E-state index in [0.717, 1.165) is 33.5 Å². The molecule has 2 N–H and O–H groups in total. The van der Waals surface area contributed by atoms with Crippen LogP contribution in [0.3, 0.4) is 0 Å². The van der Waals surface area contributed by atoms with E-state index in [9.17, 15) is 4.79 Å². The fourth-order valence-corrected chi connectivity index (χ4v) is 2.83. The molecule has 1 aromatic heterocycles. The lowest BCUT2D eigenvalue weighted by molar-refractivity contribution is 0.0977. The Bertz CT molecular complexity index is 1040. The summed E-state index contributed by atoms with van der Waals surface area (Å²) in [5.41, 5.74) is 6.92. The molecule has 0 aliphatic carbocycles. The minimum atomic E-state index is -0.198. The zero-order valence-electron chi connectivity index (χ0n) is 17.3. The Balaban J connectivity index is 1.86. The Morgan fingerprint density at radius 3 is 2.48 bits per heavy atom. The minimum absolute atomic E-state index is 0.198. The number of rotatable bonds is 4. The van der Waals surface area contributed by atoms with Crippen molar-refractivity contribution < 1.29 is 4.79 Å². The molecule has 2 aromatic carbocycles. The van der Waals surface area contributed by atoms with E-state index < -0.39 is 0 Å². The third-order valence-corrected chi connectivity index (χ3v) is 4.79. The monoisotopic (exact) mass is 386 g/mol. The molecule has 0 saturated carbocycles. The molecule has 5 nitrogen and oxygen atoms in total. The van der Waals surface area contributed by atoms with Gasteiger partial charge in [-0.1, -0.05) is 24.3 Å². The van der Waals surface area contributed by atoms with E-state index in [1.54, 1.807) is 12.4 Å². The van der Waals surface area contributed by atoms with Gasteiger partial charge in [0.25, 0.3) is 5.91 Å². The molecule has 0 aliphatic heterocycles. The Morgan fingerprint density at radius 1 is 0.966 bits per heavy atom. The maximum atomic E-state index is 12.8. The first-order valence-corrected chi connectivity index (χ1v) is 9.58. The minimum Gasteiger partial charge on any atom is -0.326 e. The van der Waals surface area contributed by atoms with Gasteiger partial charge in [0.05, 0.1) is 6.54 Å². The summed E-state index contributed by atoms with van der Waals surface area (Å²) in [5.74, 6) is 0.210. The fraction of sp³-hybridized carbons (Fsp3) is 0.208. The SMILES string of the molecule is Cc1ccc(C)c(NC(=NCc2cccnc2)NC(=O)c2ccc(C)c(C)c2)c1. The lowest BCUT2D eigenvalue weighted by atomic mass is 10.1. The summed E-state index contributed by atoms with van der Waals surface area (Å²) >= 11 is 0. The van der Waals surface area contributed by atoms with E-state index in [4.69, 9.17) is 0 Å². The maximum Gasteiger partial charge on any atom is 0.257 e. The highest BCUT2D eigenvalue weighted by Gasteiger charge is 2.11. The predicted octanol–water partition coefficient (Wildman–Crippen LogP) is 4.71. The molecule has 3 aromatic rings. The fourth-order valence-electron chi connectivity index (χ4n) is 2.83. The smallest absolute Gasteiger partial charge is 0.257 e. The topological polar surface area (TPSA) is 66.4 Å². The number of anilines is 1. The number of nitrogens with zero attached hydrogens (tertiary/aromatic N) is 2. The lowest BCUT2D eigenvalue weighted by Crippen LogP contribution is -2.36. The van der Waals surface area contributed by atoms with Crippen LogP contribution in [0, 0.1) is 27.7 Å². The number of carbonyl (C=O) groups excluding carboxylic acids is 1. The van der Waals surface area contributed by atoms with E-state index in [0.29, 0.717) is 18.1 Å². The number of hydrogen-bond acceptors (Lipinski definition) is 3. The maximum absolute atomic E-state index is 12.8. The summed E-state index contributed by atoms with van der Waals surface area (Å²) in [5, 5.41) is 6.21. The zero-order valence-corrected chi connectivity index (χ0v) is 17.3. The molecule has 0 radical (unpaired) electrons. The first-order chi connectivity index (χ1) is 13.9. The quantitative estimate of drug-likeness (QED) is 0.504. The van der Waals surface area contributed by atoms with Crippen molar-refractivity contribution in [2.45, 2.75) is 34.2 Å². The van der Waals surface area contributed by atoms with Gasteiger partial charge < -0.3 is 5.32 Å². The van der Waals surface area contributed by atoms with Gasteiger partial charge in [0.1, 0.15) is 0 Å². The van der Waals surface area contributed by atoms with Crippen molar-refractivity contribution in [3.8, 4) is 0 Å². The molecular formula is C24H26N4O. The standard InChI is InChI=1S/C24H26N4O/c1-16-7-8-18(3)22(12-16)27-24(26-15-20-6-5-11-25-14-20)28-23(29)21-10-9-17(2)19(4)13-21/h5-14H,15H2,1-4H3,(H2,26,27,28,29). The number of amides is 1. The molecule has 3 rings (SSSR count). The molecular weight excluding hydrogens is 360 g/mol. The summed E-state index contributed by atoms with van der Waals surface area (Å²) < 4.78 is 0. The van der Waals surface area contributed by atoms with Gasteiger partial charge in [0.15, 0.2) is 0 Å². The van der Waals surface area contributed by atoms with Crippen LogP contribution in [0.2, 0.25) is 0 Å². The van der Waals surface area contributed by atoms with Crippen molar-refractivity contribution in [2.24, 2.45) is 4.99 Å². The molecule has 0 atom stereocenters. The van der Waals surface area contributed by atoms with Crippen LogP contribution in [0.5, 0.6) is 0 Å².